The molecule has 10 aromatic rings. The van der Waals surface area contributed by atoms with Crippen LogP contribution >= 0.6 is 0 Å². The molecule has 0 bridgehead atoms. The van der Waals surface area contributed by atoms with Crippen LogP contribution < -0.4 is 9.80 Å². The molecule has 2 nitrogen and oxygen atoms in total. The first kappa shape index (κ1) is 45.6. The minimum absolute atomic E-state index is 0.508. The van der Waals surface area contributed by atoms with Gasteiger partial charge in [-0.2, -0.15) is 0 Å². The molecule has 2 heteroatoms. The Labute approximate surface area is 441 Å². The second-order valence-corrected chi connectivity index (χ2v) is 19.8. The molecule has 3 aliphatic carbocycles. The first-order valence-electron chi connectivity index (χ1n) is 26.4. The summed E-state index contributed by atoms with van der Waals surface area (Å²) in [6.07, 6.45) is 13.6. The third-order valence-electron chi connectivity index (χ3n) is 15.5. The normalized spacial score (nSPS) is 15.6. The molecule has 0 spiro atoms. The Morgan fingerprint density at radius 3 is 1.24 bits per heavy atom. The van der Waals surface area contributed by atoms with Crippen LogP contribution in [-0.4, -0.2) is 0 Å². The first-order chi connectivity index (χ1) is 37.2. The van der Waals surface area contributed by atoms with E-state index in [1.54, 1.807) is 0 Å². The molecule has 0 heterocycles. The van der Waals surface area contributed by atoms with Crippen molar-refractivity contribution in [2.24, 2.45) is 0 Å². The highest BCUT2D eigenvalue weighted by Gasteiger charge is 2.49. The van der Waals surface area contributed by atoms with Crippen LogP contribution in [0.3, 0.4) is 0 Å². The Balaban J connectivity index is 0.972. The van der Waals surface area contributed by atoms with Crippen LogP contribution in [0.2, 0.25) is 0 Å². The van der Waals surface area contributed by atoms with Gasteiger partial charge in [-0.05, 0) is 170 Å². The van der Waals surface area contributed by atoms with Gasteiger partial charge in [0.05, 0.1) is 5.41 Å². The third-order valence-corrected chi connectivity index (χ3v) is 15.5. The molecule has 10 aromatic carbocycles. The lowest BCUT2D eigenvalue weighted by molar-refractivity contribution is 0.641. The van der Waals surface area contributed by atoms with Crippen LogP contribution in [0.1, 0.15) is 42.4 Å². The Kier molecular flexibility index (Phi) is 12.2. The summed E-state index contributed by atoms with van der Waals surface area (Å²) < 4.78 is 0. The van der Waals surface area contributed by atoms with Gasteiger partial charge in [0, 0.05) is 34.1 Å². The zero-order valence-corrected chi connectivity index (χ0v) is 41.9. The zero-order valence-electron chi connectivity index (χ0n) is 41.9. The number of hydrogen-bond donors (Lipinski definition) is 0. The molecule has 3 aliphatic rings. The number of nitrogens with zero attached hydrogens (tertiary/aromatic N) is 2. The highest BCUT2D eigenvalue weighted by Crippen LogP contribution is 2.59. The Hall–Kier alpha value is -9.24. The predicted molar refractivity (Wildman–Crippen MR) is 316 cm³/mol. The maximum absolute atomic E-state index is 2.56. The van der Waals surface area contributed by atoms with Crippen LogP contribution in [0.5, 0.6) is 0 Å². The second-order valence-electron chi connectivity index (χ2n) is 19.8. The van der Waals surface area contributed by atoms with Crippen molar-refractivity contribution in [1.29, 1.82) is 0 Å². The molecule has 1 unspecified atom stereocenters. The SMILES string of the molecule is C1=CC2=C(CC1)C(C1=CC(N(c3ccc(-c4ccccc4)cc3)c3ccc(-c4ccccc4)cc3)=CCC1)(c1cccc(N(c3ccc(-c4ccccc4)cc3)c3ccc(-c4ccccc4)cc3)c1)c1ccccc12. The fourth-order valence-corrected chi connectivity index (χ4v) is 12.0. The number of fused-ring (bicyclic) bond motifs is 2. The number of hydrogen-bond acceptors (Lipinski definition) is 2. The van der Waals surface area contributed by atoms with E-state index in [2.05, 4.69) is 301 Å². The minimum atomic E-state index is -0.508. The van der Waals surface area contributed by atoms with Gasteiger partial charge >= 0.3 is 0 Å². The van der Waals surface area contributed by atoms with Crippen molar-refractivity contribution in [2.45, 2.75) is 31.1 Å². The quantitative estimate of drug-likeness (QED) is 0.120. The van der Waals surface area contributed by atoms with Crippen LogP contribution in [0, 0.1) is 0 Å². The van der Waals surface area contributed by atoms with Crippen molar-refractivity contribution >= 4 is 34.0 Å². The fraction of sp³-hybridized carbons (Fsp3) is 0.0685. The van der Waals surface area contributed by atoms with Crippen molar-refractivity contribution in [1.82, 2.24) is 0 Å². The number of benzene rings is 10. The summed E-state index contributed by atoms with van der Waals surface area (Å²) in [7, 11) is 0. The van der Waals surface area contributed by atoms with Gasteiger partial charge in [0.2, 0.25) is 0 Å². The second kappa shape index (κ2) is 20.0. The van der Waals surface area contributed by atoms with Gasteiger partial charge in [-0.15, -0.1) is 0 Å². The molecule has 358 valence electrons. The zero-order chi connectivity index (χ0) is 50.0. The molecule has 0 N–H and O–H groups in total. The predicted octanol–water partition coefficient (Wildman–Crippen LogP) is 19.7. The average molecular weight is 961 g/mol. The molecule has 0 fully saturated rings. The third kappa shape index (κ3) is 8.55. The van der Waals surface area contributed by atoms with Crippen molar-refractivity contribution < 1.29 is 0 Å². The summed E-state index contributed by atoms with van der Waals surface area (Å²) in [6.45, 7) is 0. The molecular formula is C73H56N2. The summed E-state index contributed by atoms with van der Waals surface area (Å²) in [5, 5.41) is 0. The van der Waals surface area contributed by atoms with Crippen molar-refractivity contribution in [3.8, 4) is 44.5 Å². The maximum atomic E-state index is 2.56. The van der Waals surface area contributed by atoms with E-state index < -0.39 is 5.41 Å². The summed E-state index contributed by atoms with van der Waals surface area (Å²) >= 11 is 0. The van der Waals surface area contributed by atoms with E-state index in [1.807, 2.05) is 0 Å². The maximum Gasteiger partial charge on any atom is 0.0641 e. The Morgan fingerprint density at radius 1 is 0.333 bits per heavy atom. The van der Waals surface area contributed by atoms with E-state index in [4.69, 9.17) is 0 Å². The standard InChI is InChI=1S/C73H56N2/c1-5-19-53(20-6-1)57-35-43-63(44-36-57)74(64-45-37-58(38-46-64)54-21-7-2-8-22-54)67-29-17-27-61(51-67)73(71-33-15-13-31-69(71)70-32-14-16-34-72(70)73)62-28-18-30-68(52-62)75(65-47-39-59(40-48-65)55-23-9-3-10-24-55)66-49-41-60(42-50-66)56-25-11-4-12-26-56/h1-15,17,19-27,29-33,35-52H,16,18,28,34H2. The van der Waals surface area contributed by atoms with Crippen LogP contribution in [0.15, 0.2) is 308 Å². The van der Waals surface area contributed by atoms with E-state index in [0.29, 0.717) is 0 Å². The number of allylic oxidation sites excluding steroid dienone is 7. The van der Waals surface area contributed by atoms with E-state index in [9.17, 15) is 0 Å². The molecule has 0 amide bonds. The van der Waals surface area contributed by atoms with Gasteiger partial charge in [-0.25, -0.2) is 0 Å². The van der Waals surface area contributed by atoms with Crippen LogP contribution in [0.25, 0.3) is 50.1 Å². The molecule has 0 saturated heterocycles. The van der Waals surface area contributed by atoms with E-state index in [-0.39, 0.29) is 0 Å². The molecule has 75 heavy (non-hydrogen) atoms. The summed E-state index contributed by atoms with van der Waals surface area (Å²) in [6, 6.07) is 97.9. The van der Waals surface area contributed by atoms with E-state index in [1.165, 1.54) is 83.6 Å². The molecular weight excluding hydrogens is 905 g/mol. The van der Waals surface area contributed by atoms with Gasteiger partial charge < -0.3 is 9.80 Å². The lowest BCUT2D eigenvalue weighted by atomic mass is 9.63. The highest BCUT2D eigenvalue weighted by molar-refractivity contribution is 5.92. The monoisotopic (exact) mass is 960 g/mol. The van der Waals surface area contributed by atoms with E-state index >= 15 is 0 Å². The first-order valence-corrected chi connectivity index (χ1v) is 26.4. The topological polar surface area (TPSA) is 6.48 Å². The minimum Gasteiger partial charge on any atom is -0.311 e. The summed E-state index contributed by atoms with van der Waals surface area (Å²) in [5.41, 5.74) is 24.2. The molecule has 13 rings (SSSR count). The molecule has 0 aliphatic heterocycles. The number of anilines is 5. The Morgan fingerprint density at radius 2 is 0.760 bits per heavy atom. The van der Waals surface area contributed by atoms with Gasteiger partial charge in [-0.3, -0.25) is 0 Å². The van der Waals surface area contributed by atoms with Gasteiger partial charge in [0.25, 0.3) is 0 Å². The fourth-order valence-electron chi connectivity index (χ4n) is 12.0. The van der Waals surface area contributed by atoms with Crippen LogP contribution in [0.4, 0.5) is 28.4 Å². The Bertz CT molecular complexity index is 3590. The van der Waals surface area contributed by atoms with Crippen molar-refractivity contribution in [3.05, 3.63) is 325 Å². The van der Waals surface area contributed by atoms with Gasteiger partial charge in [0.15, 0.2) is 0 Å². The summed E-state index contributed by atoms with van der Waals surface area (Å²) in [5.74, 6) is 0. The largest absolute Gasteiger partial charge is 0.311 e. The van der Waals surface area contributed by atoms with Crippen molar-refractivity contribution in [2.75, 3.05) is 9.80 Å². The van der Waals surface area contributed by atoms with Crippen LogP contribution in [-0.2, 0) is 5.41 Å². The lowest BCUT2D eigenvalue weighted by Gasteiger charge is -2.41. The summed E-state index contributed by atoms with van der Waals surface area (Å²) in [4.78, 5) is 4.92. The smallest absolute Gasteiger partial charge is 0.0641 e. The average Bonchev–Trinajstić information content (AvgIpc) is 3.96. The molecule has 0 aromatic heterocycles. The lowest BCUT2D eigenvalue weighted by Crippen LogP contribution is -2.33. The molecule has 1 atom stereocenters. The van der Waals surface area contributed by atoms with E-state index in [0.717, 1.165) is 54.1 Å². The molecule has 0 radical (unpaired) electrons. The highest BCUT2D eigenvalue weighted by atomic mass is 15.2. The molecule has 0 saturated carbocycles. The number of rotatable bonds is 12. The van der Waals surface area contributed by atoms with Crippen molar-refractivity contribution in [3.63, 3.8) is 0 Å². The van der Waals surface area contributed by atoms with Gasteiger partial charge in [0.1, 0.15) is 0 Å². The van der Waals surface area contributed by atoms with Gasteiger partial charge in [-0.1, -0.05) is 224 Å².